The van der Waals surface area contributed by atoms with Crippen molar-refractivity contribution in [2.75, 3.05) is 0 Å². The number of hydrogen-bond donors (Lipinski definition) is 4. The van der Waals surface area contributed by atoms with Crippen LogP contribution in [0.5, 0.6) is 0 Å². The van der Waals surface area contributed by atoms with Gasteiger partial charge in [-0.15, -0.1) is 0 Å². The highest BCUT2D eigenvalue weighted by Crippen LogP contribution is 2.32. The standard InChI is InChI=1S/C10H16N2O5/c1-2-5-3-6(5)11-10(17)12-7(9(15)16)4-8(13)14/h5-7H,2-4H2,1H3,(H,13,14)(H,15,16)(H2,11,12,17)/t5?,6?,7-/m1/s1. The Kier molecular flexibility index (Phi) is 4.30. The Morgan fingerprint density at radius 1 is 1.35 bits per heavy atom. The van der Waals surface area contributed by atoms with Crippen LogP contribution in [-0.4, -0.2) is 40.3 Å². The molecule has 2 amide bonds. The number of urea groups is 1. The summed E-state index contributed by atoms with van der Waals surface area (Å²) in [4.78, 5) is 32.5. The molecule has 17 heavy (non-hydrogen) atoms. The van der Waals surface area contributed by atoms with Gasteiger partial charge in [0.05, 0.1) is 6.42 Å². The fourth-order valence-electron chi connectivity index (χ4n) is 1.62. The fraction of sp³-hybridized carbons (Fsp3) is 0.700. The van der Waals surface area contributed by atoms with Crippen LogP contribution >= 0.6 is 0 Å². The Hall–Kier alpha value is -1.79. The maximum atomic E-state index is 11.4. The predicted molar refractivity (Wildman–Crippen MR) is 57.5 cm³/mol. The van der Waals surface area contributed by atoms with E-state index in [0.29, 0.717) is 5.92 Å². The van der Waals surface area contributed by atoms with Crippen LogP contribution < -0.4 is 10.6 Å². The summed E-state index contributed by atoms with van der Waals surface area (Å²) in [6.07, 6.45) is 1.22. The number of carboxylic acid groups (broad SMARTS) is 2. The third kappa shape index (κ3) is 4.29. The Balaban J connectivity index is 2.36. The van der Waals surface area contributed by atoms with Crippen molar-refractivity contribution in [2.45, 2.75) is 38.3 Å². The molecule has 96 valence electrons. The molecule has 0 bridgehead atoms. The Morgan fingerprint density at radius 2 is 2.00 bits per heavy atom. The maximum absolute atomic E-state index is 11.4. The lowest BCUT2D eigenvalue weighted by Crippen LogP contribution is -2.47. The number of rotatable bonds is 6. The Morgan fingerprint density at radius 3 is 2.41 bits per heavy atom. The molecule has 0 aliphatic heterocycles. The van der Waals surface area contributed by atoms with E-state index in [-0.39, 0.29) is 6.04 Å². The molecule has 7 heteroatoms. The lowest BCUT2D eigenvalue weighted by molar-refractivity contribution is -0.145. The molecule has 0 saturated heterocycles. The third-order valence-corrected chi connectivity index (χ3v) is 2.75. The van der Waals surface area contributed by atoms with Gasteiger partial charge in [0.2, 0.25) is 0 Å². The lowest BCUT2D eigenvalue weighted by atomic mass is 10.2. The zero-order chi connectivity index (χ0) is 13.0. The zero-order valence-electron chi connectivity index (χ0n) is 9.47. The predicted octanol–water partition coefficient (Wildman–Crippen LogP) is 0.0120. The topological polar surface area (TPSA) is 116 Å². The number of amides is 2. The molecule has 1 saturated carbocycles. The van der Waals surface area contributed by atoms with Crippen LogP contribution in [0.3, 0.4) is 0 Å². The molecule has 7 nitrogen and oxygen atoms in total. The normalized spacial score (nSPS) is 23.6. The Bertz CT molecular complexity index is 331. The van der Waals surface area contributed by atoms with Crippen LogP contribution in [0.2, 0.25) is 0 Å². The van der Waals surface area contributed by atoms with Crippen LogP contribution in [0, 0.1) is 5.92 Å². The van der Waals surface area contributed by atoms with Crippen molar-refractivity contribution in [2.24, 2.45) is 5.92 Å². The first-order chi connectivity index (χ1) is 7.93. The fourth-order valence-corrected chi connectivity index (χ4v) is 1.62. The quantitative estimate of drug-likeness (QED) is 0.525. The van der Waals surface area contributed by atoms with E-state index in [1.54, 1.807) is 0 Å². The molecular weight excluding hydrogens is 228 g/mol. The molecule has 0 heterocycles. The minimum absolute atomic E-state index is 0.0827. The molecule has 1 fully saturated rings. The summed E-state index contributed by atoms with van der Waals surface area (Å²) in [5.74, 6) is -2.18. The minimum atomic E-state index is -1.40. The highest BCUT2D eigenvalue weighted by Gasteiger charge is 2.37. The van der Waals surface area contributed by atoms with Crippen LogP contribution in [0.4, 0.5) is 4.79 Å². The smallest absolute Gasteiger partial charge is 0.326 e. The van der Waals surface area contributed by atoms with Gasteiger partial charge in [-0.2, -0.15) is 0 Å². The van der Waals surface area contributed by atoms with Gasteiger partial charge in [-0.25, -0.2) is 9.59 Å². The van der Waals surface area contributed by atoms with E-state index in [1.807, 2.05) is 6.92 Å². The lowest BCUT2D eigenvalue weighted by Gasteiger charge is -2.13. The van der Waals surface area contributed by atoms with Crippen molar-refractivity contribution in [1.29, 1.82) is 0 Å². The van der Waals surface area contributed by atoms with Crippen molar-refractivity contribution < 1.29 is 24.6 Å². The molecule has 3 atom stereocenters. The summed E-state index contributed by atoms with van der Waals surface area (Å²) >= 11 is 0. The molecule has 0 aromatic carbocycles. The molecule has 1 rings (SSSR count). The monoisotopic (exact) mass is 244 g/mol. The van der Waals surface area contributed by atoms with Gasteiger partial charge in [-0.1, -0.05) is 13.3 Å². The first kappa shape index (κ1) is 13.3. The van der Waals surface area contributed by atoms with Crippen LogP contribution in [-0.2, 0) is 9.59 Å². The molecule has 1 aliphatic carbocycles. The minimum Gasteiger partial charge on any atom is -0.481 e. The molecule has 0 spiro atoms. The summed E-state index contributed by atoms with van der Waals surface area (Å²) in [6, 6.07) is -1.94. The van der Waals surface area contributed by atoms with E-state index in [0.717, 1.165) is 12.8 Å². The summed E-state index contributed by atoms with van der Waals surface area (Å²) in [7, 11) is 0. The second-order valence-electron chi connectivity index (χ2n) is 4.12. The number of hydrogen-bond acceptors (Lipinski definition) is 3. The summed E-state index contributed by atoms with van der Waals surface area (Å²) in [5, 5.41) is 21.9. The van der Waals surface area contributed by atoms with Crippen molar-refractivity contribution in [3.05, 3.63) is 0 Å². The van der Waals surface area contributed by atoms with Crippen LogP contribution in [0.25, 0.3) is 0 Å². The first-order valence-corrected chi connectivity index (χ1v) is 5.45. The van der Waals surface area contributed by atoms with E-state index in [1.165, 1.54) is 0 Å². The molecule has 0 aromatic heterocycles. The third-order valence-electron chi connectivity index (χ3n) is 2.75. The van der Waals surface area contributed by atoms with Crippen molar-refractivity contribution in [1.82, 2.24) is 10.6 Å². The second kappa shape index (κ2) is 5.51. The summed E-state index contributed by atoms with van der Waals surface area (Å²) in [6.45, 7) is 2.01. The van der Waals surface area contributed by atoms with Gasteiger partial charge in [0.15, 0.2) is 0 Å². The van der Waals surface area contributed by atoms with E-state index in [2.05, 4.69) is 10.6 Å². The molecule has 0 radical (unpaired) electrons. The van der Waals surface area contributed by atoms with Crippen molar-refractivity contribution in [3.8, 4) is 0 Å². The van der Waals surface area contributed by atoms with Gasteiger partial charge in [0, 0.05) is 6.04 Å². The second-order valence-corrected chi connectivity index (χ2v) is 4.12. The van der Waals surface area contributed by atoms with Crippen LogP contribution in [0.15, 0.2) is 0 Å². The average molecular weight is 244 g/mol. The molecular formula is C10H16N2O5. The Labute approximate surface area is 98.2 Å². The largest absolute Gasteiger partial charge is 0.481 e. The van der Waals surface area contributed by atoms with Crippen molar-refractivity contribution >= 4 is 18.0 Å². The average Bonchev–Trinajstić information content (AvgIpc) is 2.94. The number of carboxylic acids is 2. The highest BCUT2D eigenvalue weighted by atomic mass is 16.4. The van der Waals surface area contributed by atoms with Gasteiger partial charge in [-0.3, -0.25) is 4.79 Å². The molecule has 4 N–H and O–H groups in total. The van der Waals surface area contributed by atoms with Gasteiger partial charge < -0.3 is 20.8 Å². The summed E-state index contributed by atoms with van der Waals surface area (Å²) in [5.41, 5.74) is 0. The van der Waals surface area contributed by atoms with Crippen molar-refractivity contribution in [3.63, 3.8) is 0 Å². The van der Waals surface area contributed by atoms with Gasteiger partial charge in [0.1, 0.15) is 6.04 Å². The van der Waals surface area contributed by atoms with Gasteiger partial charge >= 0.3 is 18.0 Å². The maximum Gasteiger partial charge on any atom is 0.326 e. The molecule has 1 aliphatic rings. The highest BCUT2D eigenvalue weighted by molar-refractivity contribution is 5.86. The van der Waals surface area contributed by atoms with E-state index >= 15 is 0 Å². The first-order valence-electron chi connectivity index (χ1n) is 5.45. The van der Waals surface area contributed by atoms with E-state index in [4.69, 9.17) is 10.2 Å². The number of nitrogens with one attached hydrogen (secondary N) is 2. The van der Waals surface area contributed by atoms with Gasteiger partial charge in [-0.05, 0) is 12.3 Å². The SMILES string of the molecule is CCC1CC1NC(=O)N[C@H](CC(=O)O)C(=O)O. The number of carbonyl (C=O) groups is 3. The number of carbonyl (C=O) groups excluding carboxylic acids is 1. The van der Waals surface area contributed by atoms with Gasteiger partial charge in [0.25, 0.3) is 0 Å². The molecule has 0 aromatic rings. The van der Waals surface area contributed by atoms with Crippen LogP contribution in [0.1, 0.15) is 26.2 Å². The molecule has 2 unspecified atom stereocenters. The summed E-state index contributed by atoms with van der Waals surface area (Å²) < 4.78 is 0. The zero-order valence-corrected chi connectivity index (χ0v) is 9.47. The number of aliphatic carboxylic acids is 2. The van der Waals surface area contributed by atoms with E-state index in [9.17, 15) is 14.4 Å². The van der Waals surface area contributed by atoms with E-state index < -0.39 is 30.4 Å².